The summed E-state index contributed by atoms with van der Waals surface area (Å²) in [6, 6.07) is 5.14. The highest BCUT2D eigenvalue weighted by atomic mass is 32.1. The lowest BCUT2D eigenvalue weighted by Gasteiger charge is -2.16. The zero-order chi connectivity index (χ0) is 15.2. The highest BCUT2D eigenvalue weighted by Gasteiger charge is 2.18. The first-order chi connectivity index (χ1) is 10.1. The average molecular weight is 311 g/mol. The first kappa shape index (κ1) is 15.2. The molecule has 0 fully saturated rings. The van der Waals surface area contributed by atoms with Crippen LogP contribution in [0, 0.1) is 0 Å². The molecule has 0 saturated carbocycles. The van der Waals surface area contributed by atoms with Gasteiger partial charge in [-0.15, -0.1) is 0 Å². The Hall–Kier alpha value is -2.22. The van der Waals surface area contributed by atoms with E-state index in [0.717, 1.165) is 0 Å². The van der Waals surface area contributed by atoms with Gasteiger partial charge < -0.3 is 19.5 Å². The van der Waals surface area contributed by atoms with Gasteiger partial charge in [-0.25, -0.2) is 0 Å². The molecule has 1 aromatic carbocycles. The summed E-state index contributed by atoms with van der Waals surface area (Å²) >= 11 is 4.93. The van der Waals surface area contributed by atoms with Crippen molar-refractivity contribution in [2.45, 2.75) is 20.0 Å². The van der Waals surface area contributed by atoms with Crippen LogP contribution in [-0.4, -0.2) is 30.5 Å². The van der Waals surface area contributed by atoms with Crippen molar-refractivity contribution < 1.29 is 19.0 Å². The minimum Gasteiger partial charge on any atom is -0.481 e. The maximum absolute atomic E-state index is 11.8. The van der Waals surface area contributed by atoms with Crippen molar-refractivity contribution >= 4 is 23.2 Å². The fourth-order valence-corrected chi connectivity index (χ4v) is 1.83. The van der Waals surface area contributed by atoms with Crippen molar-refractivity contribution in [3.63, 3.8) is 0 Å². The summed E-state index contributed by atoms with van der Waals surface area (Å²) in [6.45, 7) is 4.41. The van der Waals surface area contributed by atoms with Crippen LogP contribution < -0.4 is 30.4 Å². The van der Waals surface area contributed by atoms with Crippen molar-refractivity contribution in [2.24, 2.45) is 0 Å². The van der Waals surface area contributed by atoms with Crippen molar-refractivity contribution in [2.75, 3.05) is 13.3 Å². The highest BCUT2D eigenvalue weighted by Crippen LogP contribution is 2.35. The van der Waals surface area contributed by atoms with Crippen LogP contribution in [0.3, 0.4) is 0 Å². The SMILES string of the molecule is CCNC(=S)NNC(=O)[C@@H](C)Oc1ccc2c(c1)OCO2. The van der Waals surface area contributed by atoms with Crippen LogP contribution >= 0.6 is 12.2 Å². The van der Waals surface area contributed by atoms with Crippen LogP contribution in [0.1, 0.15) is 13.8 Å². The third-order valence-corrected chi connectivity index (χ3v) is 2.91. The van der Waals surface area contributed by atoms with Gasteiger partial charge in [0.2, 0.25) is 6.79 Å². The van der Waals surface area contributed by atoms with E-state index >= 15 is 0 Å². The number of carbonyl (C=O) groups excluding carboxylic acids is 1. The Kier molecular flexibility index (Phi) is 5.04. The van der Waals surface area contributed by atoms with Crippen LogP contribution in [0.25, 0.3) is 0 Å². The van der Waals surface area contributed by atoms with Crippen LogP contribution in [0.2, 0.25) is 0 Å². The minimum absolute atomic E-state index is 0.195. The summed E-state index contributed by atoms with van der Waals surface area (Å²) in [6.07, 6.45) is -0.692. The summed E-state index contributed by atoms with van der Waals surface area (Å²) in [7, 11) is 0. The molecule has 21 heavy (non-hydrogen) atoms. The van der Waals surface area contributed by atoms with Crippen molar-refractivity contribution in [1.29, 1.82) is 0 Å². The molecule has 7 nitrogen and oxygen atoms in total. The fraction of sp³-hybridized carbons (Fsp3) is 0.385. The molecule has 0 aliphatic carbocycles. The van der Waals surface area contributed by atoms with Gasteiger partial charge in [0, 0.05) is 12.6 Å². The number of nitrogens with one attached hydrogen (secondary N) is 3. The second kappa shape index (κ2) is 6.98. The van der Waals surface area contributed by atoms with Crippen LogP contribution in [0.5, 0.6) is 17.2 Å². The Labute approximate surface area is 127 Å². The smallest absolute Gasteiger partial charge is 0.279 e. The van der Waals surface area contributed by atoms with E-state index in [1.165, 1.54) is 0 Å². The lowest BCUT2D eigenvalue weighted by atomic mass is 10.3. The highest BCUT2D eigenvalue weighted by molar-refractivity contribution is 7.80. The molecule has 0 aromatic heterocycles. The molecule has 0 unspecified atom stereocenters. The Morgan fingerprint density at radius 1 is 1.38 bits per heavy atom. The Balaban J connectivity index is 1.84. The van der Waals surface area contributed by atoms with E-state index in [1.54, 1.807) is 25.1 Å². The zero-order valence-electron chi connectivity index (χ0n) is 11.8. The molecule has 1 aliphatic heterocycles. The van der Waals surface area contributed by atoms with Gasteiger partial charge in [-0.2, -0.15) is 0 Å². The molecule has 8 heteroatoms. The lowest BCUT2D eigenvalue weighted by Crippen LogP contribution is -2.50. The summed E-state index contributed by atoms with van der Waals surface area (Å²) in [4.78, 5) is 11.8. The standard InChI is InChI=1S/C13H17N3O4S/c1-3-14-13(21)16-15-12(17)8(2)20-9-4-5-10-11(6-9)19-7-18-10/h4-6,8H,3,7H2,1-2H3,(H,15,17)(H2,14,16,21)/t8-/m1/s1. The van der Waals surface area contributed by atoms with Crippen molar-refractivity contribution in [3.05, 3.63) is 18.2 Å². The predicted molar refractivity (Wildman–Crippen MR) is 80.2 cm³/mol. The lowest BCUT2D eigenvalue weighted by molar-refractivity contribution is -0.127. The molecular weight excluding hydrogens is 294 g/mol. The Bertz CT molecular complexity index is 538. The average Bonchev–Trinajstić information content (AvgIpc) is 2.92. The summed E-state index contributed by atoms with van der Waals surface area (Å²) in [5.41, 5.74) is 5.05. The fourth-order valence-electron chi connectivity index (χ4n) is 1.63. The monoisotopic (exact) mass is 311 g/mol. The van der Waals surface area contributed by atoms with Crippen molar-refractivity contribution in [3.8, 4) is 17.2 Å². The molecule has 0 saturated heterocycles. The van der Waals surface area contributed by atoms with E-state index in [9.17, 15) is 4.79 Å². The Morgan fingerprint density at radius 2 is 2.14 bits per heavy atom. The third kappa shape index (κ3) is 4.12. The second-order valence-corrected chi connectivity index (χ2v) is 4.66. The van der Waals surface area contributed by atoms with Crippen LogP contribution in [-0.2, 0) is 4.79 Å². The molecule has 1 atom stereocenters. The van der Waals surface area contributed by atoms with E-state index in [0.29, 0.717) is 28.9 Å². The number of hydrazine groups is 1. The molecule has 1 heterocycles. The number of fused-ring (bicyclic) bond motifs is 1. The van der Waals surface area contributed by atoms with Gasteiger partial charge in [0.25, 0.3) is 5.91 Å². The molecular formula is C13H17N3O4S. The zero-order valence-corrected chi connectivity index (χ0v) is 12.6. The van der Waals surface area contributed by atoms with E-state index in [1.807, 2.05) is 6.92 Å². The number of amides is 1. The molecule has 1 amide bonds. The first-order valence-electron chi connectivity index (χ1n) is 6.50. The van der Waals surface area contributed by atoms with Crippen LogP contribution in [0.4, 0.5) is 0 Å². The van der Waals surface area contributed by atoms with Gasteiger partial charge in [0.05, 0.1) is 0 Å². The predicted octanol–water partition coefficient (Wildman–Crippen LogP) is 0.698. The molecule has 1 aromatic rings. The van der Waals surface area contributed by atoms with E-state index in [2.05, 4.69) is 16.2 Å². The van der Waals surface area contributed by atoms with Gasteiger partial charge in [0.15, 0.2) is 22.7 Å². The summed E-state index contributed by atoms with van der Waals surface area (Å²) in [5.74, 6) is 1.45. The third-order valence-electron chi connectivity index (χ3n) is 2.66. The Morgan fingerprint density at radius 3 is 2.90 bits per heavy atom. The number of rotatable bonds is 4. The number of carbonyl (C=O) groups is 1. The summed E-state index contributed by atoms with van der Waals surface area (Å²) < 4.78 is 16.0. The minimum atomic E-state index is -0.692. The molecule has 0 bridgehead atoms. The van der Waals surface area contributed by atoms with Gasteiger partial charge in [-0.3, -0.25) is 15.6 Å². The first-order valence-corrected chi connectivity index (χ1v) is 6.91. The number of thiocarbonyl (C=S) groups is 1. The number of hydrogen-bond acceptors (Lipinski definition) is 5. The van der Waals surface area contributed by atoms with Gasteiger partial charge in [-0.1, -0.05) is 0 Å². The molecule has 114 valence electrons. The molecule has 0 radical (unpaired) electrons. The molecule has 0 spiro atoms. The maximum atomic E-state index is 11.8. The van der Waals surface area contributed by atoms with Gasteiger partial charge in [-0.05, 0) is 38.2 Å². The van der Waals surface area contributed by atoms with Crippen LogP contribution in [0.15, 0.2) is 18.2 Å². The van der Waals surface area contributed by atoms with E-state index in [4.69, 9.17) is 26.4 Å². The molecule has 2 rings (SSSR count). The quantitative estimate of drug-likeness (QED) is 0.558. The number of benzene rings is 1. The topological polar surface area (TPSA) is 80.9 Å². The van der Waals surface area contributed by atoms with E-state index < -0.39 is 6.10 Å². The molecule has 1 aliphatic rings. The van der Waals surface area contributed by atoms with E-state index in [-0.39, 0.29) is 12.7 Å². The number of hydrogen-bond donors (Lipinski definition) is 3. The van der Waals surface area contributed by atoms with Gasteiger partial charge in [0.1, 0.15) is 5.75 Å². The second-order valence-electron chi connectivity index (χ2n) is 4.25. The number of ether oxygens (including phenoxy) is 3. The van der Waals surface area contributed by atoms with Gasteiger partial charge >= 0.3 is 0 Å². The molecule has 3 N–H and O–H groups in total. The van der Waals surface area contributed by atoms with Crippen molar-refractivity contribution in [1.82, 2.24) is 16.2 Å². The summed E-state index contributed by atoms with van der Waals surface area (Å²) in [5, 5.41) is 3.20. The normalized spacial score (nSPS) is 13.2. The maximum Gasteiger partial charge on any atom is 0.279 e. The largest absolute Gasteiger partial charge is 0.481 e.